The van der Waals surface area contributed by atoms with Crippen molar-refractivity contribution in [3.8, 4) is 5.75 Å². The molecule has 0 bridgehead atoms. The smallest absolute Gasteiger partial charge is 0.341 e. The average Bonchev–Trinajstić information content (AvgIpc) is 3.08. The zero-order valence-electron chi connectivity index (χ0n) is 18.1. The first-order chi connectivity index (χ1) is 15.5. The van der Waals surface area contributed by atoms with Gasteiger partial charge in [-0.3, -0.25) is 4.79 Å². The molecule has 2 aliphatic rings. The van der Waals surface area contributed by atoms with Crippen molar-refractivity contribution >= 4 is 35.4 Å². The molecule has 1 unspecified atom stereocenters. The lowest BCUT2D eigenvalue weighted by Crippen LogP contribution is -2.48. The molecule has 1 saturated carbocycles. The van der Waals surface area contributed by atoms with Crippen molar-refractivity contribution in [2.75, 3.05) is 11.9 Å². The lowest BCUT2D eigenvalue weighted by Gasteiger charge is -2.39. The predicted molar refractivity (Wildman–Crippen MR) is 127 cm³/mol. The minimum absolute atomic E-state index is 0.0408. The first-order valence-corrected chi connectivity index (χ1v) is 11.9. The standard InChI is InChI=1S/C25H28N2O4S/c1-17-8-5-6-13-21(17)27-24(30)22(32-25(27)26-19-10-3-2-4-11-19)15-18-9-7-12-20(14-18)31-16-23(28)29/h2-4,7,9-12,14-15,17,21,25-26H,5-6,8,13,16H2,1H3,(H,28,29)/b22-15-/t17-,21-,25?/m1/s1. The Morgan fingerprint density at radius 1 is 1.19 bits per heavy atom. The van der Waals surface area contributed by atoms with Gasteiger partial charge in [0.15, 0.2) is 12.1 Å². The summed E-state index contributed by atoms with van der Waals surface area (Å²) in [5, 5.41) is 12.4. The summed E-state index contributed by atoms with van der Waals surface area (Å²) in [5.41, 5.74) is 1.62. The van der Waals surface area contributed by atoms with Crippen LogP contribution in [0.4, 0.5) is 5.69 Å². The van der Waals surface area contributed by atoms with Crippen LogP contribution in [0.15, 0.2) is 59.5 Å². The molecule has 1 aliphatic carbocycles. The highest BCUT2D eigenvalue weighted by atomic mass is 32.2. The monoisotopic (exact) mass is 452 g/mol. The molecular weight excluding hydrogens is 424 g/mol. The number of carbonyl (C=O) groups excluding carboxylic acids is 1. The second-order valence-electron chi connectivity index (χ2n) is 8.29. The Balaban J connectivity index is 1.59. The number of nitrogens with one attached hydrogen (secondary N) is 1. The van der Waals surface area contributed by atoms with Crippen LogP contribution in [0, 0.1) is 5.92 Å². The zero-order valence-corrected chi connectivity index (χ0v) is 18.9. The van der Waals surface area contributed by atoms with Crippen LogP contribution in [-0.4, -0.2) is 40.0 Å². The number of benzene rings is 2. The number of carboxylic acid groups (broad SMARTS) is 1. The fourth-order valence-electron chi connectivity index (χ4n) is 4.36. The van der Waals surface area contributed by atoms with Crippen LogP contribution >= 0.6 is 11.8 Å². The van der Waals surface area contributed by atoms with Crippen LogP contribution in [0.5, 0.6) is 5.75 Å². The third-order valence-electron chi connectivity index (χ3n) is 5.94. The number of carboxylic acids is 1. The summed E-state index contributed by atoms with van der Waals surface area (Å²) in [6, 6.07) is 17.3. The quantitative estimate of drug-likeness (QED) is 0.573. The Morgan fingerprint density at radius 3 is 2.72 bits per heavy atom. The number of anilines is 1. The van der Waals surface area contributed by atoms with E-state index in [1.807, 2.05) is 47.4 Å². The van der Waals surface area contributed by atoms with E-state index < -0.39 is 12.6 Å². The van der Waals surface area contributed by atoms with E-state index in [4.69, 9.17) is 9.84 Å². The second-order valence-corrected chi connectivity index (χ2v) is 9.41. The number of nitrogens with zero attached hydrogens (tertiary/aromatic N) is 1. The van der Waals surface area contributed by atoms with Gasteiger partial charge in [-0.2, -0.15) is 0 Å². The van der Waals surface area contributed by atoms with E-state index in [9.17, 15) is 9.59 Å². The van der Waals surface area contributed by atoms with Gasteiger partial charge in [0.25, 0.3) is 5.91 Å². The van der Waals surface area contributed by atoms with E-state index in [0.717, 1.165) is 30.5 Å². The van der Waals surface area contributed by atoms with Gasteiger partial charge in [-0.15, -0.1) is 0 Å². The van der Waals surface area contributed by atoms with Crippen LogP contribution in [0.2, 0.25) is 0 Å². The summed E-state index contributed by atoms with van der Waals surface area (Å²) in [7, 11) is 0. The molecule has 7 heteroatoms. The van der Waals surface area contributed by atoms with Gasteiger partial charge in [0, 0.05) is 11.7 Å². The molecule has 1 heterocycles. The molecule has 2 aromatic rings. The van der Waals surface area contributed by atoms with E-state index in [1.54, 1.807) is 18.2 Å². The zero-order chi connectivity index (χ0) is 22.5. The largest absolute Gasteiger partial charge is 0.482 e. The van der Waals surface area contributed by atoms with Gasteiger partial charge in [0.2, 0.25) is 0 Å². The van der Waals surface area contributed by atoms with Gasteiger partial charge in [0.1, 0.15) is 5.75 Å². The fraction of sp³-hybridized carbons (Fsp3) is 0.360. The summed E-state index contributed by atoms with van der Waals surface area (Å²) in [4.78, 5) is 27.0. The Bertz CT molecular complexity index is 994. The van der Waals surface area contributed by atoms with Gasteiger partial charge in [0.05, 0.1) is 4.91 Å². The van der Waals surface area contributed by atoms with Crippen molar-refractivity contribution in [2.24, 2.45) is 5.92 Å². The average molecular weight is 453 g/mol. The number of ether oxygens (including phenoxy) is 1. The van der Waals surface area contributed by atoms with Gasteiger partial charge in [-0.25, -0.2) is 4.79 Å². The number of para-hydroxylation sites is 1. The molecule has 6 nitrogen and oxygen atoms in total. The number of rotatable bonds is 7. The second kappa shape index (κ2) is 10.1. The van der Waals surface area contributed by atoms with Gasteiger partial charge in [-0.1, -0.05) is 61.9 Å². The highest BCUT2D eigenvalue weighted by Crippen LogP contribution is 2.42. The van der Waals surface area contributed by atoms with E-state index >= 15 is 0 Å². The third-order valence-corrected chi connectivity index (χ3v) is 7.06. The Kier molecular flexibility index (Phi) is 7.05. The number of aliphatic carboxylic acids is 1. The number of hydrogen-bond acceptors (Lipinski definition) is 5. The molecule has 168 valence electrons. The lowest BCUT2D eigenvalue weighted by molar-refractivity contribution is -0.139. The summed E-state index contributed by atoms with van der Waals surface area (Å²) in [6.07, 6.45) is 6.39. The van der Waals surface area contributed by atoms with Crippen LogP contribution in [0.25, 0.3) is 6.08 Å². The normalized spacial score (nSPS) is 24.5. The summed E-state index contributed by atoms with van der Waals surface area (Å²) in [6.45, 7) is 1.84. The van der Waals surface area contributed by atoms with Crippen molar-refractivity contribution in [2.45, 2.75) is 44.1 Å². The predicted octanol–water partition coefficient (Wildman–Crippen LogP) is 5.04. The number of amides is 1. The summed E-state index contributed by atoms with van der Waals surface area (Å²) >= 11 is 1.53. The third kappa shape index (κ3) is 5.27. The van der Waals surface area contributed by atoms with Crippen molar-refractivity contribution in [1.29, 1.82) is 0 Å². The molecule has 1 aliphatic heterocycles. The molecular formula is C25H28N2O4S. The molecule has 0 aromatic heterocycles. The molecule has 0 radical (unpaired) electrons. The van der Waals surface area contributed by atoms with Crippen LogP contribution in [0.3, 0.4) is 0 Å². The number of carbonyl (C=O) groups is 2. The summed E-state index contributed by atoms with van der Waals surface area (Å²) < 4.78 is 5.29. The fourth-order valence-corrected chi connectivity index (χ4v) is 5.57. The first-order valence-electron chi connectivity index (χ1n) is 11.0. The molecule has 2 N–H and O–H groups in total. The summed E-state index contributed by atoms with van der Waals surface area (Å²) in [5.74, 6) is -0.0595. The van der Waals surface area contributed by atoms with Gasteiger partial charge in [-0.05, 0) is 54.7 Å². The highest BCUT2D eigenvalue weighted by Gasteiger charge is 2.42. The molecule has 4 rings (SSSR count). The van der Waals surface area contributed by atoms with E-state index in [0.29, 0.717) is 16.6 Å². The maximum Gasteiger partial charge on any atom is 0.341 e. The SMILES string of the molecule is C[C@@H]1CCCC[C@H]1N1C(=O)/C(=C/c2cccc(OCC(=O)O)c2)SC1Nc1ccccc1. The van der Waals surface area contributed by atoms with Gasteiger partial charge < -0.3 is 20.1 Å². The minimum Gasteiger partial charge on any atom is -0.482 e. The van der Waals surface area contributed by atoms with E-state index in [2.05, 4.69) is 12.2 Å². The molecule has 3 atom stereocenters. The first kappa shape index (κ1) is 22.3. The molecule has 2 aromatic carbocycles. The molecule has 2 fully saturated rings. The van der Waals surface area contributed by atoms with E-state index in [-0.39, 0.29) is 17.4 Å². The number of thioether (sulfide) groups is 1. The van der Waals surface area contributed by atoms with Crippen molar-refractivity contribution in [1.82, 2.24) is 4.90 Å². The Morgan fingerprint density at radius 2 is 1.97 bits per heavy atom. The Hall–Kier alpha value is -2.93. The molecule has 1 saturated heterocycles. The van der Waals surface area contributed by atoms with Gasteiger partial charge >= 0.3 is 5.97 Å². The van der Waals surface area contributed by atoms with Crippen LogP contribution in [-0.2, 0) is 9.59 Å². The van der Waals surface area contributed by atoms with Crippen LogP contribution in [0.1, 0.15) is 38.2 Å². The highest BCUT2D eigenvalue weighted by molar-refractivity contribution is 8.05. The maximum absolute atomic E-state index is 13.5. The van der Waals surface area contributed by atoms with Crippen molar-refractivity contribution in [3.05, 3.63) is 65.1 Å². The minimum atomic E-state index is -1.03. The maximum atomic E-state index is 13.5. The molecule has 0 spiro atoms. The molecule has 1 amide bonds. The number of hydrogen-bond donors (Lipinski definition) is 2. The van der Waals surface area contributed by atoms with Crippen LogP contribution < -0.4 is 10.1 Å². The van der Waals surface area contributed by atoms with Crippen molar-refractivity contribution < 1.29 is 19.4 Å². The van der Waals surface area contributed by atoms with E-state index in [1.165, 1.54) is 18.2 Å². The topological polar surface area (TPSA) is 78.9 Å². The Labute approximate surface area is 192 Å². The van der Waals surface area contributed by atoms with Crippen molar-refractivity contribution in [3.63, 3.8) is 0 Å². The molecule has 32 heavy (non-hydrogen) atoms. The lowest BCUT2D eigenvalue weighted by atomic mass is 9.85.